The minimum Gasteiger partial charge on any atom is -0.276 e. The van der Waals surface area contributed by atoms with Crippen LogP contribution in [0.25, 0.3) is 0 Å². The fourth-order valence-electron chi connectivity index (χ4n) is 2.83. The molecule has 0 saturated carbocycles. The van der Waals surface area contributed by atoms with Gasteiger partial charge in [0.25, 0.3) is 0 Å². The maximum atomic E-state index is 5.34. The quantitative estimate of drug-likeness (QED) is 0.224. The maximum Gasteiger partial charge on any atom is 0.0578 e. The second-order valence-electron chi connectivity index (χ2n) is 6.41. The minimum atomic E-state index is 0.293. The van der Waals surface area contributed by atoms with E-state index in [-0.39, 0.29) is 0 Å². The van der Waals surface area contributed by atoms with E-state index in [1.807, 2.05) is 12.1 Å². The summed E-state index contributed by atoms with van der Waals surface area (Å²) in [5.41, 5.74) is 6.00. The van der Waals surface area contributed by atoms with Crippen molar-refractivity contribution in [2.24, 2.45) is 0 Å². The molecule has 2 rings (SSSR count). The minimum absolute atomic E-state index is 0.293. The van der Waals surface area contributed by atoms with Crippen molar-refractivity contribution in [3.63, 3.8) is 0 Å². The van der Waals surface area contributed by atoms with E-state index in [1.165, 1.54) is 12.8 Å². The molecule has 26 heavy (non-hydrogen) atoms. The monoisotopic (exact) mass is 346 g/mol. The number of terminal acetylenes is 1. The number of unbranched alkanes of at least 4 members (excludes halogenated alkanes) is 3. The molecular weight excluding hydrogens is 316 g/mol. The SMILES string of the molecule is C#CCCC/C=C/C(CCCC)NN(c1ccccc1)c1ccccc1. The number of nitrogens with zero attached hydrogens (tertiary/aromatic N) is 1. The molecule has 0 aliphatic rings. The molecular formula is C24H30N2. The third-order valence-corrected chi connectivity index (χ3v) is 4.25. The van der Waals surface area contributed by atoms with Crippen molar-refractivity contribution < 1.29 is 0 Å². The fourth-order valence-corrected chi connectivity index (χ4v) is 2.83. The number of para-hydroxylation sites is 2. The van der Waals surface area contributed by atoms with Gasteiger partial charge in [0.15, 0.2) is 0 Å². The van der Waals surface area contributed by atoms with Gasteiger partial charge in [-0.05, 0) is 43.5 Å². The lowest BCUT2D eigenvalue weighted by molar-refractivity contribution is 0.539. The number of allylic oxidation sites excluding steroid dienone is 1. The molecule has 0 aromatic heterocycles. The first-order chi connectivity index (χ1) is 12.8. The summed E-state index contributed by atoms with van der Waals surface area (Å²) in [5.74, 6) is 2.71. The largest absolute Gasteiger partial charge is 0.276 e. The van der Waals surface area contributed by atoms with E-state index in [0.29, 0.717) is 6.04 Å². The highest BCUT2D eigenvalue weighted by molar-refractivity contribution is 5.61. The van der Waals surface area contributed by atoms with Crippen LogP contribution in [-0.2, 0) is 0 Å². The topological polar surface area (TPSA) is 15.3 Å². The van der Waals surface area contributed by atoms with Crippen LogP contribution in [0.15, 0.2) is 72.8 Å². The van der Waals surface area contributed by atoms with E-state index >= 15 is 0 Å². The molecule has 2 nitrogen and oxygen atoms in total. The Labute approximate surface area is 158 Å². The zero-order valence-electron chi connectivity index (χ0n) is 15.8. The van der Waals surface area contributed by atoms with Crippen LogP contribution < -0.4 is 10.4 Å². The smallest absolute Gasteiger partial charge is 0.0578 e. The summed E-state index contributed by atoms with van der Waals surface area (Å²) in [6, 6.07) is 21.2. The fraction of sp³-hybridized carbons (Fsp3) is 0.333. The third kappa shape index (κ3) is 6.78. The van der Waals surface area contributed by atoms with Crippen LogP contribution >= 0.6 is 0 Å². The van der Waals surface area contributed by atoms with Gasteiger partial charge in [0.05, 0.1) is 11.4 Å². The molecule has 0 aliphatic carbocycles. The van der Waals surface area contributed by atoms with Gasteiger partial charge in [-0.25, -0.2) is 5.43 Å². The summed E-state index contributed by atoms with van der Waals surface area (Å²) >= 11 is 0. The summed E-state index contributed by atoms with van der Waals surface area (Å²) < 4.78 is 0. The lowest BCUT2D eigenvalue weighted by Gasteiger charge is -2.30. The predicted molar refractivity (Wildman–Crippen MR) is 113 cm³/mol. The van der Waals surface area contributed by atoms with Crippen molar-refractivity contribution in [1.82, 2.24) is 5.43 Å². The van der Waals surface area contributed by atoms with E-state index in [4.69, 9.17) is 6.42 Å². The summed E-state index contributed by atoms with van der Waals surface area (Å²) in [6.07, 6.45) is 16.3. The molecule has 1 atom stereocenters. The number of nitrogens with one attached hydrogen (secondary N) is 1. The number of hydrazine groups is 1. The van der Waals surface area contributed by atoms with Crippen LogP contribution in [0.4, 0.5) is 11.4 Å². The van der Waals surface area contributed by atoms with Crippen LogP contribution in [-0.4, -0.2) is 6.04 Å². The Morgan fingerprint density at radius 3 is 2.15 bits per heavy atom. The second-order valence-corrected chi connectivity index (χ2v) is 6.41. The Bertz CT molecular complexity index is 631. The number of rotatable bonds is 11. The highest BCUT2D eigenvalue weighted by Gasteiger charge is 2.13. The number of anilines is 2. The van der Waals surface area contributed by atoms with Gasteiger partial charge in [-0.1, -0.05) is 68.3 Å². The number of hydrogen-bond acceptors (Lipinski definition) is 2. The highest BCUT2D eigenvalue weighted by Crippen LogP contribution is 2.23. The third-order valence-electron chi connectivity index (χ3n) is 4.25. The molecule has 0 radical (unpaired) electrons. The Hall–Kier alpha value is -2.50. The van der Waals surface area contributed by atoms with E-state index in [1.54, 1.807) is 0 Å². The molecule has 136 valence electrons. The lowest BCUT2D eigenvalue weighted by atomic mass is 10.1. The van der Waals surface area contributed by atoms with Crippen molar-refractivity contribution in [2.75, 3.05) is 5.01 Å². The summed E-state index contributed by atoms with van der Waals surface area (Å²) in [7, 11) is 0. The van der Waals surface area contributed by atoms with Crippen LogP contribution in [0.2, 0.25) is 0 Å². The summed E-state index contributed by atoms with van der Waals surface area (Å²) in [5, 5.41) is 2.19. The molecule has 1 N–H and O–H groups in total. The van der Waals surface area contributed by atoms with E-state index in [2.05, 4.69) is 84.0 Å². The van der Waals surface area contributed by atoms with E-state index in [0.717, 1.165) is 37.1 Å². The molecule has 2 aromatic carbocycles. The summed E-state index contributed by atoms with van der Waals surface area (Å²) in [6.45, 7) is 2.24. The molecule has 0 fully saturated rings. The molecule has 1 unspecified atom stereocenters. The molecule has 0 amide bonds. The molecule has 0 heterocycles. The van der Waals surface area contributed by atoms with Crippen LogP contribution in [0.5, 0.6) is 0 Å². The average Bonchev–Trinajstić information content (AvgIpc) is 2.70. The van der Waals surface area contributed by atoms with Crippen molar-refractivity contribution in [1.29, 1.82) is 0 Å². The Kier molecular flexibility index (Phi) is 9.11. The normalized spacial score (nSPS) is 12.0. The van der Waals surface area contributed by atoms with Crippen molar-refractivity contribution in [3.05, 3.63) is 72.8 Å². The molecule has 0 bridgehead atoms. The number of benzene rings is 2. The van der Waals surface area contributed by atoms with Gasteiger partial charge in [-0.2, -0.15) is 0 Å². The van der Waals surface area contributed by atoms with Crippen molar-refractivity contribution in [2.45, 2.75) is 51.5 Å². The average molecular weight is 347 g/mol. The van der Waals surface area contributed by atoms with Crippen LogP contribution in [0.3, 0.4) is 0 Å². The van der Waals surface area contributed by atoms with Crippen molar-refractivity contribution in [3.8, 4) is 12.3 Å². The Morgan fingerprint density at radius 2 is 1.62 bits per heavy atom. The Morgan fingerprint density at radius 1 is 1.00 bits per heavy atom. The predicted octanol–water partition coefficient (Wildman–Crippen LogP) is 6.25. The Balaban J connectivity index is 2.15. The first-order valence-electron chi connectivity index (χ1n) is 9.61. The summed E-state index contributed by atoms with van der Waals surface area (Å²) in [4.78, 5) is 0. The standard InChI is InChI=1S/C24H30N2/c1-3-5-7-8-11-17-22(16-6-4-2)25-26(23-18-12-9-13-19-23)24-20-14-10-15-21-24/h1,9-15,17-22,25H,4-8,16H2,2H3/b17-11+. The first-order valence-corrected chi connectivity index (χ1v) is 9.61. The molecule has 0 saturated heterocycles. The van der Waals surface area contributed by atoms with Crippen LogP contribution in [0.1, 0.15) is 45.4 Å². The molecule has 0 spiro atoms. The maximum absolute atomic E-state index is 5.34. The molecule has 2 aromatic rings. The van der Waals surface area contributed by atoms with Gasteiger partial charge >= 0.3 is 0 Å². The number of hydrogen-bond donors (Lipinski definition) is 1. The van der Waals surface area contributed by atoms with Gasteiger partial charge in [0.1, 0.15) is 0 Å². The van der Waals surface area contributed by atoms with E-state index in [9.17, 15) is 0 Å². The van der Waals surface area contributed by atoms with E-state index < -0.39 is 0 Å². The van der Waals surface area contributed by atoms with Crippen LogP contribution in [0, 0.1) is 12.3 Å². The molecule has 2 heteroatoms. The molecule has 0 aliphatic heterocycles. The van der Waals surface area contributed by atoms with Gasteiger partial charge in [-0.15, -0.1) is 12.3 Å². The van der Waals surface area contributed by atoms with Gasteiger partial charge in [0, 0.05) is 12.5 Å². The second kappa shape index (κ2) is 12.0. The first kappa shape index (κ1) is 19.8. The van der Waals surface area contributed by atoms with Gasteiger partial charge < -0.3 is 0 Å². The van der Waals surface area contributed by atoms with Gasteiger partial charge in [-0.3, -0.25) is 5.01 Å². The van der Waals surface area contributed by atoms with Crippen molar-refractivity contribution >= 4 is 11.4 Å². The zero-order chi connectivity index (χ0) is 18.5. The lowest BCUT2D eigenvalue weighted by Crippen LogP contribution is -2.41. The highest BCUT2D eigenvalue weighted by atomic mass is 15.5. The zero-order valence-corrected chi connectivity index (χ0v) is 15.8. The van der Waals surface area contributed by atoms with Gasteiger partial charge in [0.2, 0.25) is 0 Å².